The summed E-state index contributed by atoms with van der Waals surface area (Å²) in [4.78, 5) is 15.2. The monoisotopic (exact) mass is 337 g/mol. The van der Waals surface area contributed by atoms with Crippen molar-refractivity contribution in [2.45, 2.75) is 18.9 Å². The molecule has 1 amide bonds. The molecule has 5 nitrogen and oxygen atoms in total. The van der Waals surface area contributed by atoms with Crippen LogP contribution in [0.2, 0.25) is 0 Å². The van der Waals surface area contributed by atoms with Gasteiger partial charge in [-0.15, -0.1) is 0 Å². The normalized spacial score (nSPS) is 18.6. The molecule has 1 aliphatic heterocycles. The van der Waals surface area contributed by atoms with E-state index in [1.165, 1.54) is 17.0 Å². The van der Waals surface area contributed by atoms with E-state index in [-0.39, 0.29) is 11.7 Å². The molecule has 1 heterocycles. The minimum atomic E-state index is -0.261. The van der Waals surface area contributed by atoms with Crippen LogP contribution in [-0.2, 0) is 4.79 Å². The molecule has 0 aromatic heterocycles. The van der Waals surface area contributed by atoms with Crippen molar-refractivity contribution in [3.63, 3.8) is 0 Å². The Morgan fingerprint density at radius 3 is 2.52 bits per heavy atom. The lowest BCUT2D eigenvalue weighted by atomic mass is 10.3. The third kappa shape index (κ3) is 4.87. The number of halogens is 1. The highest BCUT2D eigenvalue weighted by atomic mass is 32.1. The van der Waals surface area contributed by atoms with Crippen LogP contribution in [0.1, 0.15) is 12.8 Å². The molecule has 0 atom stereocenters. The quantitative estimate of drug-likeness (QED) is 0.677. The molecule has 7 heteroatoms. The van der Waals surface area contributed by atoms with Gasteiger partial charge in [0, 0.05) is 11.7 Å². The number of hydrogen-bond acceptors (Lipinski definition) is 2. The van der Waals surface area contributed by atoms with Gasteiger partial charge in [-0.05, 0) is 49.3 Å². The van der Waals surface area contributed by atoms with Crippen molar-refractivity contribution in [3.8, 4) is 0 Å². The third-order valence-corrected chi connectivity index (χ3v) is 4.57. The number of nitrogens with one attached hydrogen (secondary N) is 3. The molecule has 1 aromatic rings. The Labute approximate surface area is 140 Å². The summed E-state index contributed by atoms with van der Waals surface area (Å²) in [6.07, 6.45) is 2.25. The zero-order valence-electron chi connectivity index (χ0n) is 13.0. The second-order valence-corrected chi connectivity index (χ2v) is 6.58. The maximum atomic E-state index is 12.9. The van der Waals surface area contributed by atoms with Gasteiger partial charge < -0.3 is 20.4 Å². The maximum Gasteiger partial charge on any atom is 0.275 e. The lowest BCUT2D eigenvalue weighted by Crippen LogP contribution is -3.15. The summed E-state index contributed by atoms with van der Waals surface area (Å²) in [5.74, 6) is -0.105. The standard InChI is InChI=1S/C16H21FN4OS/c17-12-1-3-14(4-2-12)19-16(23)21-9-7-20(8-10-21)11-15(22)18-13-5-6-13/h1-4,13H,5-11H2,(H,18,22)(H,19,23)/p+1. The van der Waals surface area contributed by atoms with Gasteiger partial charge in [-0.3, -0.25) is 4.79 Å². The van der Waals surface area contributed by atoms with Crippen LogP contribution in [0.3, 0.4) is 0 Å². The number of anilines is 1. The van der Waals surface area contributed by atoms with E-state index >= 15 is 0 Å². The van der Waals surface area contributed by atoms with Crippen molar-refractivity contribution >= 4 is 28.9 Å². The minimum absolute atomic E-state index is 0.156. The molecule has 2 fully saturated rings. The Balaban J connectivity index is 1.41. The summed E-state index contributed by atoms with van der Waals surface area (Å²) in [7, 11) is 0. The molecule has 0 unspecified atom stereocenters. The van der Waals surface area contributed by atoms with Crippen LogP contribution in [-0.4, -0.2) is 54.7 Å². The summed E-state index contributed by atoms with van der Waals surface area (Å²) < 4.78 is 12.9. The smallest absolute Gasteiger partial charge is 0.275 e. The molecule has 1 aliphatic carbocycles. The predicted molar refractivity (Wildman–Crippen MR) is 90.9 cm³/mol. The van der Waals surface area contributed by atoms with E-state index in [9.17, 15) is 9.18 Å². The van der Waals surface area contributed by atoms with Gasteiger partial charge in [-0.2, -0.15) is 0 Å². The third-order valence-electron chi connectivity index (χ3n) is 4.21. The molecule has 1 saturated carbocycles. The molecule has 0 bridgehead atoms. The number of nitrogens with zero attached hydrogens (tertiary/aromatic N) is 1. The molecule has 1 aromatic carbocycles. The number of amides is 1. The summed E-state index contributed by atoms with van der Waals surface area (Å²) in [5, 5.41) is 6.81. The molecular formula is C16H22FN4OS+. The first-order valence-corrected chi connectivity index (χ1v) is 8.45. The first kappa shape index (κ1) is 16.1. The summed E-state index contributed by atoms with van der Waals surface area (Å²) in [6.45, 7) is 3.97. The van der Waals surface area contributed by atoms with Crippen LogP contribution < -0.4 is 15.5 Å². The highest BCUT2D eigenvalue weighted by molar-refractivity contribution is 7.80. The van der Waals surface area contributed by atoms with Gasteiger partial charge >= 0.3 is 0 Å². The molecule has 23 heavy (non-hydrogen) atoms. The largest absolute Gasteiger partial charge is 0.348 e. The van der Waals surface area contributed by atoms with Gasteiger partial charge in [0.15, 0.2) is 11.7 Å². The van der Waals surface area contributed by atoms with Crippen molar-refractivity contribution in [1.29, 1.82) is 0 Å². The number of quaternary nitrogens is 1. The Bertz CT molecular complexity index is 568. The average Bonchev–Trinajstić information content (AvgIpc) is 3.34. The van der Waals surface area contributed by atoms with Crippen LogP contribution >= 0.6 is 12.2 Å². The summed E-state index contributed by atoms with van der Waals surface area (Å²) >= 11 is 5.41. The predicted octanol–water partition coefficient (Wildman–Crippen LogP) is 0.00160. The SMILES string of the molecule is O=C(C[NH+]1CCN(C(=S)Nc2ccc(F)cc2)CC1)NC1CC1. The van der Waals surface area contributed by atoms with E-state index < -0.39 is 0 Å². The minimum Gasteiger partial charge on any atom is -0.348 e. The van der Waals surface area contributed by atoms with Crippen LogP contribution in [0.25, 0.3) is 0 Å². The van der Waals surface area contributed by atoms with Crippen molar-refractivity contribution < 1.29 is 14.1 Å². The van der Waals surface area contributed by atoms with E-state index in [0.29, 0.717) is 17.7 Å². The second-order valence-electron chi connectivity index (χ2n) is 6.19. The molecule has 1 saturated heterocycles. The highest BCUT2D eigenvalue weighted by Gasteiger charge is 2.27. The van der Waals surface area contributed by atoms with Crippen LogP contribution in [0, 0.1) is 5.82 Å². The highest BCUT2D eigenvalue weighted by Crippen LogP contribution is 2.18. The fourth-order valence-electron chi connectivity index (χ4n) is 2.67. The van der Waals surface area contributed by atoms with Crippen LogP contribution in [0.5, 0.6) is 0 Å². The lowest BCUT2D eigenvalue weighted by molar-refractivity contribution is -0.895. The topological polar surface area (TPSA) is 48.8 Å². The number of carbonyl (C=O) groups excluding carboxylic acids is 1. The van der Waals surface area contributed by atoms with Gasteiger partial charge in [0.1, 0.15) is 5.82 Å². The van der Waals surface area contributed by atoms with E-state index in [2.05, 4.69) is 15.5 Å². The van der Waals surface area contributed by atoms with Gasteiger partial charge in [0.25, 0.3) is 5.91 Å². The fourth-order valence-corrected chi connectivity index (χ4v) is 2.97. The van der Waals surface area contributed by atoms with Crippen molar-refractivity contribution in [2.24, 2.45) is 0 Å². The Morgan fingerprint density at radius 2 is 1.91 bits per heavy atom. The summed E-state index contributed by atoms with van der Waals surface area (Å²) in [5.41, 5.74) is 0.787. The van der Waals surface area contributed by atoms with Gasteiger partial charge in [0.05, 0.1) is 26.2 Å². The molecular weight excluding hydrogens is 315 g/mol. The number of carbonyl (C=O) groups is 1. The fraction of sp³-hybridized carbons (Fsp3) is 0.500. The first-order valence-electron chi connectivity index (χ1n) is 8.04. The number of rotatable bonds is 4. The van der Waals surface area contributed by atoms with Gasteiger partial charge in [-0.1, -0.05) is 0 Å². The Hall–Kier alpha value is -1.73. The Morgan fingerprint density at radius 1 is 1.26 bits per heavy atom. The second kappa shape index (κ2) is 7.23. The van der Waals surface area contributed by atoms with Gasteiger partial charge in [-0.25, -0.2) is 4.39 Å². The van der Waals surface area contributed by atoms with Crippen molar-refractivity contribution in [1.82, 2.24) is 10.2 Å². The molecule has 3 rings (SSSR count). The van der Waals surface area contributed by atoms with E-state index in [4.69, 9.17) is 12.2 Å². The Kier molecular flexibility index (Phi) is 5.07. The molecule has 0 spiro atoms. The van der Waals surface area contributed by atoms with Crippen molar-refractivity contribution in [2.75, 3.05) is 38.0 Å². The summed E-state index contributed by atoms with van der Waals surface area (Å²) in [6, 6.07) is 6.59. The zero-order valence-corrected chi connectivity index (χ0v) is 13.8. The van der Waals surface area contributed by atoms with E-state index in [1.807, 2.05) is 0 Å². The molecule has 3 N–H and O–H groups in total. The number of hydrogen-bond donors (Lipinski definition) is 3. The van der Waals surface area contributed by atoms with E-state index in [0.717, 1.165) is 44.7 Å². The van der Waals surface area contributed by atoms with Gasteiger partial charge in [0.2, 0.25) is 0 Å². The van der Waals surface area contributed by atoms with Crippen molar-refractivity contribution in [3.05, 3.63) is 30.1 Å². The average molecular weight is 337 g/mol. The van der Waals surface area contributed by atoms with Crippen LogP contribution in [0.4, 0.5) is 10.1 Å². The first-order chi connectivity index (χ1) is 11.1. The lowest BCUT2D eigenvalue weighted by Gasteiger charge is -2.33. The molecule has 124 valence electrons. The maximum absolute atomic E-state index is 12.9. The van der Waals surface area contributed by atoms with E-state index in [1.54, 1.807) is 12.1 Å². The molecule has 2 aliphatic rings. The van der Waals surface area contributed by atoms with Crippen LogP contribution in [0.15, 0.2) is 24.3 Å². The number of piperazine rings is 1. The number of thiocarbonyl (C=S) groups is 1. The number of benzene rings is 1. The molecule has 0 radical (unpaired) electrons. The zero-order chi connectivity index (χ0) is 16.2.